The van der Waals surface area contributed by atoms with Crippen LogP contribution in [0.15, 0.2) is 27.6 Å². The molecular formula is C13H18BrNO3S. The monoisotopic (exact) mass is 347 g/mol. The molecule has 0 radical (unpaired) electrons. The third kappa shape index (κ3) is 3.18. The smallest absolute Gasteiger partial charge is 0.243 e. The van der Waals surface area contributed by atoms with Gasteiger partial charge in [-0.25, -0.2) is 12.7 Å². The predicted octanol–water partition coefficient (Wildman–Crippen LogP) is 2.36. The van der Waals surface area contributed by atoms with E-state index in [-0.39, 0.29) is 11.5 Å². The molecule has 0 saturated heterocycles. The van der Waals surface area contributed by atoms with Crippen molar-refractivity contribution >= 4 is 26.0 Å². The van der Waals surface area contributed by atoms with Crippen LogP contribution in [0.25, 0.3) is 0 Å². The van der Waals surface area contributed by atoms with Crippen LogP contribution in [0.2, 0.25) is 0 Å². The molecule has 1 aliphatic carbocycles. The number of sulfonamides is 1. The lowest BCUT2D eigenvalue weighted by Gasteiger charge is -2.29. The Morgan fingerprint density at radius 2 is 2.11 bits per heavy atom. The first kappa shape index (κ1) is 15.0. The summed E-state index contributed by atoms with van der Waals surface area (Å²) in [5, 5.41) is 9.13. The van der Waals surface area contributed by atoms with Crippen molar-refractivity contribution in [3.05, 3.63) is 28.2 Å². The highest BCUT2D eigenvalue weighted by Gasteiger charge is 2.28. The zero-order valence-electron chi connectivity index (χ0n) is 10.8. The van der Waals surface area contributed by atoms with Crippen molar-refractivity contribution in [3.8, 4) is 0 Å². The van der Waals surface area contributed by atoms with Gasteiger partial charge in [-0.2, -0.15) is 0 Å². The summed E-state index contributed by atoms with van der Waals surface area (Å²) in [5.41, 5.74) is 0.596. The van der Waals surface area contributed by atoms with Gasteiger partial charge in [0.15, 0.2) is 0 Å². The highest BCUT2D eigenvalue weighted by molar-refractivity contribution is 9.10. The zero-order chi connectivity index (χ0) is 14.0. The summed E-state index contributed by atoms with van der Waals surface area (Å²) in [7, 11) is -1.88. The van der Waals surface area contributed by atoms with Gasteiger partial charge < -0.3 is 5.11 Å². The summed E-state index contributed by atoms with van der Waals surface area (Å²) in [5.74, 6) is 0.486. The minimum atomic E-state index is -3.50. The maximum absolute atomic E-state index is 12.5. The fraction of sp³-hybridized carbons (Fsp3) is 0.538. The van der Waals surface area contributed by atoms with Crippen LogP contribution in [0.1, 0.15) is 24.8 Å². The van der Waals surface area contributed by atoms with E-state index in [4.69, 9.17) is 5.11 Å². The first-order valence-corrected chi connectivity index (χ1v) is 8.54. The van der Waals surface area contributed by atoms with Gasteiger partial charge in [0.1, 0.15) is 0 Å². The van der Waals surface area contributed by atoms with E-state index < -0.39 is 10.0 Å². The molecule has 1 N–H and O–H groups in total. The van der Waals surface area contributed by atoms with Gasteiger partial charge in [0.2, 0.25) is 10.0 Å². The third-order valence-corrected chi connectivity index (χ3v) is 6.42. The number of nitrogens with zero attached hydrogens (tertiary/aromatic N) is 1. The Morgan fingerprint density at radius 1 is 1.42 bits per heavy atom. The molecule has 1 aromatic carbocycles. The first-order chi connectivity index (χ1) is 8.95. The van der Waals surface area contributed by atoms with Gasteiger partial charge in [-0.05, 0) is 52.4 Å². The number of hydrogen-bond donors (Lipinski definition) is 1. The fourth-order valence-corrected chi connectivity index (χ4v) is 4.37. The van der Waals surface area contributed by atoms with Crippen molar-refractivity contribution in [2.45, 2.75) is 30.8 Å². The maximum atomic E-state index is 12.5. The van der Waals surface area contributed by atoms with Gasteiger partial charge in [0.05, 0.1) is 11.5 Å². The molecule has 0 atom stereocenters. The van der Waals surface area contributed by atoms with Crippen molar-refractivity contribution in [3.63, 3.8) is 0 Å². The molecule has 0 amide bonds. The van der Waals surface area contributed by atoms with Crippen molar-refractivity contribution < 1.29 is 13.5 Å². The van der Waals surface area contributed by atoms with Crippen LogP contribution in [0, 0.1) is 5.92 Å². The zero-order valence-corrected chi connectivity index (χ0v) is 13.2. The van der Waals surface area contributed by atoms with Crippen LogP contribution in [-0.2, 0) is 16.6 Å². The van der Waals surface area contributed by atoms with Gasteiger partial charge >= 0.3 is 0 Å². The average molecular weight is 348 g/mol. The highest BCUT2D eigenvalue weighted by Crippen LogP contribution is 2.30. The standard InChI is InChI=1S/C13H18BrNO3S/c1-15(8-10-3-2-4-10)19(17,18)13-7-11(9-16)5-6-12(13)14/h5-7,10,16H,2-4,8-9H2,1H3. The topological polar surface area (TPSA) is 57.6 Å². The normalized spacial score (nSPS) is 16.6. The Bertz CT molecular complexity index is 555. The summed E-state index contributed by atoms with van der Waals surface area (Å²) in [6.07, 6.45) is 3.41. The average Bonchev–Trinajstić information content (AvgIpc) is 2.33. The fourth-order valence-electron chi connectivity index (χ4n) is 2.15. The number of aliphatic hydroxyl groups is 1. The Morgan fingerprint density at radius 3 is 2.63 bits per heavy atom. The van der Waals surface area contributed by atoms with Gasteiger partial charge in [-0.15, -0.1) is 0 Å². The Kier molecular flexibility index (Phi) is 4.66. The molecule has 1 saturated carbocycles. The molecule has 1 aromatic rings. The molecule has 0 bridgehead atoms. The summed E-state index contributed by atoms with van der Waals surface area (Å²) in [6.45, 7) is 0.403. The first-order valence-electron chi connectivity index (χ1n) is 6.31. The summed E-state index contributed by atoms with van der Waals surface area (Å²) < 4.78 is 27.0. The minimum Gasteiger partial charge on any atom is -0.392 e. The van der Waals surface area contributed by atoms with Crippen LogP contribution in [-0.4, -0.2) is 31.4 Å². The molecule has 0 aromatic heterocycles. The van der Waals surface area contributed by atoms with E-state index in [0.717, 1.165) is 12.8 Å². The van der Waals surface area contributed by atoms with Crippen LogP contribution < -0.4 is 0 Å². The number of benzene rings is 1. The molecule has 106 valence electrons. The van der Waals surface area contributed by atoms with Crippen molar-refractivity contribution in [1.82, 2.24) is 4.31 Å². The second-order valence-electron chi connectivity index (χ2n) is 5.01. The molecule has 6 heteroatoms. The Labute approximate surface area is 122 Å². The van der Waals surface area contributed by atoms with Gasteiger partial charge in [-0.1, -0.05) is 12.5 Å². The van der Waals surface area contributed by atoms with Crippen molar-refractivity contribution in [2.75, 3.05) is 13.6 Å². The van der Waals surface area contributed by atoms with Crippen molar-refractivity contribution in [2.24, 2.45) is 5.92 Å². The van der Waals surface area contributed by atoms with Crippen LogP contribution in [0.4, 0.5) is 0 Å². The number of rotatable bonds is 5. The molecule has 1 fully saturated rings. The van der Waals surface area contributed by atoms with E-state index in [1.54, 1.807) is 19.2 Å². The molecule has 2 rings (SSSR count). The second-order valence-corrected chi connectivity index (χ2v) is 7.87. The molecule has 0 aliphatic heterocycles. The largest absolute Gasteiger partial charge is 0.392 e. The minimum absolute atomic E-state index is 0.165. The highest BCUT2D eigenvalue weighted by atomic mass is 79.9. The van der Waals surface area contributed by atoms with E-state index in [0.29, 0.717) is 22.5 Å². The lowest BCUT2D eigenvalue weighted by atomic mass is 9.86. The predicted molar refractivity (Wildman–Crippen MR) is 77.2 cm³/mol. The van der Waals surface area contributed by atoms with Gasteiger partial charge in [-0.3, -0.25) is 0 Å². The molecule has 19 heavy (non-hydrogen) atoms. The summed E-state index contributed by atoms with van der Waals surface area (Å²) in [6, 6.07) is 4.89. The van der Waals surface area contributed by atoms with E-state index >= 15 is 0 Å². The van der Waals surface area contributed by atoms with Crippen LogP contribution in [0.5, 0.6) is 0 Å². The quantitative estimate of drug-likeness (QED) is 0.889. The van der Waals surface area contributed by atoms with Crippen LogP contribution >= 0.6 is 15.9 Å². The SMILES string of the molecule is CN(CC1CCC1)S(=O)(=O)c1cc(CO)ccc1Br. The molecular weight excluding hydrogens is 330 g/mol. The molecule has 0 heterocycles. The van der Waals surface area contributed by atoms with Gasteiger partial charge in [0.25, 0.3) is 0 Å². The maximum Gasteiger partial charge on any atom is 0.243 e. The number of hydrogen-bond acceptors (Lipinski definition) is 3. The number of halogens is 1. The Hall–Kier alpha value is -0.430. The van der Waals surface area contributed by atoms with E-state index in [9.17, 15) is 8.42 Å². The summed E-state index contributed by atoms with van der Waals surface area (Å²) in [4.78, 5) is 0.223. The number of aliphatic hydroxyl groups excluding tert-OH is 1. The Balaban J connectivity index is 2.26. The van der Waals surface area contributed by atoms with Gasteiger partial charge in [0, 0.05) is 18.1 Å². The summed E-state index contributed by atoms with van der Waals surface area (Å²) >= 11 is 3.27. The molecule has 0 spiro atoms. The van der Waals surface area contributed by atoms with Crippen LogP contribution in [0.3, 0.4) is 0 Å². The molecule has 1 aliphatic rings. The van der Waals surface area contributed by atoms with E-state index in [1.165, 1.54) is 16.8 Å². The van der Waals surface area contributed by atoms with E-state index in [2.05, 4.69) is 15.9 Å². The van der Waals surface area contributed by atoms with Crippen molar-refractivity contribution in [1.29, 1.82) is 0 Å². The molecule has 0 unspecified atom stereocenters. The lowest BCUT2D eigenvalue weighted by molar-refractivity contribution is 0.263. The van der Waals surface area contributed by atoms with E-state index in [1.807, 2.05) is 0 Å². The third-order valence-electron chi connectivity index (χ3n) is 3.61. The lowest BCUT2D eigenvalue weighted by Crippen LogP contribution is -2.34. The second kappa shape index (κ2) is 5.91. The molecule has 4 nitrogen and oxygen atoms in total.